The first-order chi connectivity index (χ1) is 11.2. The summed E-state index contributed by atoms with van der Waals surface area (Å²) in [4.78, 5) is 27.4. The Labute approximate surface area is 132 Å². The molecule has 1 saturated heterocycles. The first-order valence-corrected chi connectivity index (χ1v) is 8.20. The summed E-state index contributed by atoms with van der Waals surface area (Å²) in [6.45, 7) is 0.184. The molecule has 2 amide bonds. The van der Waals surface area contributed by atoms with Gasteiger partial charge in [-0.2, -0.15) is 0 Å². The molecule has 0 unspecified atom stereocenters. The fourth-order valence-corrected chi connectivity index (χ4v) is 5.24. The van der Waals surface area contributed by atoms with Gasteiger partial charge in [0, 0.05) is 6.07 Å². The van der Waals surface area contributed by atoms with Crippen molar-refractivity contribution in [2.45, 2.75) is 6.42 Å². The highest BCUT2D eigenvalue weighted by atomic mass is 16.7. The van der Waals surface area contributed by atoms with Crippen molar-refractivity contribution in [2.75, 3.05) is 11.7 Å². The van der Waals surface area contributed by atoms with Crippen LogP contribution in [0.15, 0.2) is 30.4 Å². The molecule has 2 heterocycles. The molecule has 4 aliphatic carbocycles. The van der Waals surface area contributed by atoms with Crippen molar-refractivity contribution in [2.24, 2.45) is 35.5 Å². The number of amides is 2. The standard InChI is InChI=1S/C18H15NO4/c20-17-15-9-2-3-10(12-6-11(9)12)16(15)18(21)19(17)8-1-4-13-14(5-8)23-7-22-13/h1-5,9-12,15-16H,6-7H2/t9-,10+,11-,12-,15+,16+/m1/s1. The predicted octanol–water partition coefficient (Wildman–Crippen LogP) is 1.97. The molecule has 6 atom stereocenters. The summed E-state index contributed by atoms with van der Waals surface area (Å²) in [5, 5.41) is 0. The van der Waals surface area contributed by atoms with E-state index < -0.39 is 0 Å². The second-order valence-electron chi connectivity index (χ2n) is 7.20. The van der Waals surface area contributed by atoms with E-state index in [-0.39, 0.29) is 42.3 Å². The third-order valence-electron chi connectivity index (χ3n) is 6.28. The number of rotatable bonds is 1. The lowest BCUT2D eigenvalue weighted by molar-refractivity contribution is -0.124. The number of benzene rings is 1. The molecule has 6 aliphatic rings. The van der Waals surface area contributed by atoms with Crippen LogP contribution in [0.2, 0.25) is 0 Å². The highest BCUT2D eigenvalue weighted by Gasteiger charge is 2.67. The lowest BCUT2D eigenvalue weighted by Gasteiger charge is -2.37. The van der Waals surface area contributed by atoms with Crippen LogP contribution >= 0.6 is 0 Å². The molecule has 5 heteroatoms. The molecule has 116 valence electrons. The van der Waals surface area contributed by atoms with Crippen molar-refractivity contribution in [3.05, 3.63) is 30.4 Å². The highest BCUT2D eigenvalue weighted by molar-refractivity contribution is 6.22. The average molecular weight is 309 g/mol. The number of carbonyl (C=O) groups excluding carboxylic acids is 2. The number of hydrogen-bond donors (Lipinski definition) is 0. The van der Waals surface area contributed by atoms with Crippen molar-refractivity contribution in [3.63, 3.8) is 0 Å². The Morgan fingerprint density at radius 1 is 0.913 bits per heavy atom. The molecular weight excluding hydrogens is 294 g/mol. The van der Waals surface area contributed by atoms with Gasteiger partial charge in [-0.1, -0.05) is 12.2 Å². The SMILES string of the molecule is O=C1[C@H]2[C@@H]3C=C[C@@H]([C@H]4C[C@H]34)[C@@H]2C(=O)N1c1ccc2c(c1)OCO2. The van der Waals surface area contributed by atoms with Crippen LogP contribution in [0, 0.1) is 35.5 Å². The Morgan fingerprint density at radius 2 is 1.57 bits per heavy atom. The molecule has 2 bridgehead atoms. The highest BCUT2D eigenvalue weighted by Crippen LogP contribution is 2.65. The Balaban J connectivity index is 1.43. The van der Waals surface area contributed by atoms with E-state index in [1.165, 1.54) is 11.3 Å². The number of allylic oxidation sites excluding steroid dienone is 2. The topological polar surface area (TPSA) is 55.8 Å². The van der Waals surface area contributed by atoms with E-state index in [9.17, 15) is 9.59 Å². The summed E-state index contributed by atoms with van der Waals surface area (Å²) < 4.78 is 10.7. The van der Waals surface area contributed by atoms with Crippen LogP contribution in [0.25, 0.3) is 0 Å². The molecular formula is C18H15NO4. The number of hydrogen-bond acceptors (Lipinski definition) is 4. The van der Waals surface area contributed by atoms with Gasteiger partial charge in [0.15, 0.2) is 11.5 Å². The molecule has 23 heavy (non-hydrogen) atoms. The largest absolute Gasteiger partial charge is 0.454 e. The minimum absolute atomic E-state index is 0.0384. The minimum atomic E-state index is -0.160. The third-order valence-corrected chi connectivity index (χ3v) is 6.28. The van der Waals surface area contributed by atoms with Crippen molar-refractivity contribution in [3.8, 4) is 11.5 Å². The van der Waals surface area contributed by atoms with E-state index in [1.54, 1.807) is 18.2 Å². The van der Waals surface area contributed by atoms with E-state index in [0.29, 0.717) is 29.0 Å². The van der Waals surface area contributed by atoms with Gasteiger partial charge in [-0.3, -0.25) is 9.59 Å². The molecule has 5 nitrogen and oxygen atoms in total. The Kier molecular flexibility index (Phi) is 2.00. The van der Waals surface area contributed by atoms with E-state index in [0.717, 1.165) is 0 Å². The van der Waals surface area contributed by atoms with Crippen LogP contribution in [0.3, 0.4) is 0 Å². The summed E-state index contributed by atoms with van der Waals surface area (Å²) in [6, 6.07) is 5.28. The lowest BCUT2D eigenvalue weighted by atomic mass is 9.63. The monoisotopic (exact) mass is 309 g/mol. The van der Waals surface area contributed by atoms with Gasteiger partial charge in [-0.05, 0) is 42.2 Å². The molecule has 2 aliphatic heterocycles. The maximum absolute atomic E-state index is 13.0. The lowest BCUT2D eigenvalue weighted by Crippen LogP contribution is -2.40. The summed E-state index contributed by atoms with van der Waals surface area (Å²) >= 11 is 0. The quantitative estimate of drug-likeness (QED) is 0.588. The number of fused-ring (bicyclic) bond motifs is 1. The maximum atomic E-state index is 13.0. The van der Waals surface area contributed by atoms with Gasteiger partial charge in [0.05, 0.1) is 17.5 Å². The molecule has 2 saturated carbocycles. The van der Waals surface area contributed by atoms with Crippen LogP contribution < -0.4 is 14.4 Å². The Hall–Kier alpha value is -2.30. The molecule has 0 radical (unpaired) electrons. The first kappa shape index (κ1) is 12.2. The second kappa shape index (κ2) is 3.78. The zero-order valence-electron chi connectivity index (χ0n) is 12.3. The fraction of sp³-hybridized carbons (Fsp3) is 0.444. The zero-order chi connectivity index (χ0) is 15.3. The third kappa shape index (κ3) is 1.35. The van der Waals surface area contributed by atoms with E-state index in [2.05, 4.69) is 12.2 Å². The van der Waals surface area contributed by atoms with Crippen molar-refractivity contribution in [1.82, 2.24) is 0 Å². The fourth-order valence-electron chi connectivity index (χ4n) is 5.24. The Bertz CT molecular complexity index is 764. The number of imide groups is 1. The van der Waals surface area contributed by atoms with Crippen LogP contribution in [-0.4, -0.2) is 18.6 Å². The van der Waals surface area contributed by atoms with Crippen molar-refractivity contribution in [1.29, 1.82) is 0 Å². The molecule has 0 aromatic heterocycles. The molecule has 7 rings (SSSR count). The smallest absolute Gasteiger partial charge is 0.238 e. The van der Waals surface area contributed by atoms with Gasteiger partial charge < -0.3 is 9.47 Å². The van der Waals surface area contributed by atoms with Crippen molar-refractivity contribution < 1.29 is 19.1 Å². The van der Waals surface area contributed by atoms with Gasteiger partial charge in [-0.15, -0.1) is 0 Å². The molecule has 1 aromatic carbocycles. The second-order valence-corrected chi connectivity index (χ2v) is 7.20. The van der Waals surface area contributed by atoms with Crippen LogP contribution in [-0.2, 0) is 9.59 Å². The van der Waals surface area contributed by atoms with Gasteiger partial charge in [0.2, 0.25) is 18.6 Å². The zero-order valence-corrected chi connectivity index (χ0v) is 12.3. The number of ether oxygens (including phenoxy) is 2. The van der Waals surface area contributed by atoms with Gasteiger partial charge in [0.1, 0.15) is 0 Å². The molecule has 3 fully saturated rings. The van der Waals surface area contributed by atoms with E-state index in [4.69, 9.17) is 9.47 Å². The first-order valence-electron chi connectivity index (χ1n) is 8.20. The van der Waals surface area contributed by atoms with Gasteiger partial charge >= 0.3 is 0 Å². The summed E-state index contributed by atoms with van der Waals surface area (Å²) in [5.41, 5.74) is 0.603. The summed E-state index contributed by atoms with van der Waals surface area (Å²) in [5.74, 6) is 2.62. The molecule has 0 N–H and O–H groups in total. The number of anilines is 1. The van der Waals surface area contributed by atoms with Crippen LogP contribution in [0.5, 0.6) is 11.5 Å². The predicted molar refractivity (Wildman–Crippen MR) is 79.8 cm³/mol. The number of carbonyl (C=O) groups is 2. The molecule has 1 aromatic rings. The maximum Gasteiger partial charge on any atom is 0.238 e. The van der Waals surface area contributed by atoms with Crippen molar-refractivity contribution >= 4 is 17.5 Å². The van der Waals surface area contributed by atoms with Gasteiger partial charge in [-0.25, -0.2) is 4.90 Å². The van der Waals surface area contributed by atoms with E-state index >= 15 is 0 Å². The normalized spacial score (nSPS) is 41.3. The summed E-state index contributed by atoms with van der Waals surface area (Å²) in [6.07, 6.45) is 5.56. The average Bonchev–Trinajstić information content (AvgIpc) is 3.20. The molecule has 0 spiro atoms. The van der Waals surface area contributed by atoms with Crippen LogP contribution in [0.1, 0.15) is 6.42 Å². The number of nitrogens with zero attached hydrogens (tertiary/aromatic N) is 1. The van der Waals surface area contributed by atoms with Crippen LogP contribution in [0.4, 0.5) is 5.69 Å². The van der Waals surface area contributed by atoms with E-state index in [1.807, 2.05) is 0 Å². The summed E-state index contributed by atoms with van der Waals surface area (Å²) in [7, 11) is 0. The van der Waals surface area contributed by atoms with Gasteiger partial charge in [0.25, 0.3) is 0 Å². The minimum Gasteiger partial charge on any atom is -0.454 e. The Morgan fingerprint density at radius 3 is 2.26 bits per heavy atom.